The van der Waals surface area contributed by atoms with Gasteiger partial charge in [0.15, 0.2) is 5.96 Å². The van der Waals surface area contributed by atoms with Gasteiger partial charge in [0, 0.05) is 17.3 Å². The minimum absolute atomic E-state index is 0. The number of aryl methyl sites for hydroxylation is 2. The minimum Gasteiger partial charge on any atom is -0.370 e. The van der Waals surface area contributed by atoms with E-state index < -0.39 is 0 Å². The first-order valence-electron chi connectivity index (χ1n) is 9.10. The number of nitrogens with one attached hydrogen (secondary N) is 2. The van der Waals surface area contributed by atoms with Gasteiger partial charge in [-0.1, -0.05) is 32.0 Å². The Morgan fingerprint density at radius 2 is 1.70 bits per heavy atom. The van der Waals surface area contributed by atoms with Crippen molar-refractivity contribution in [2.75, 3.05) is 10.6 Å². The molecular weight excluding hydrogens is 451 g/mol. The van der Waals surface area contributed by atoms with Crippen LogP contribution in [0.2, 0.25) is 0 Å². The van der Waals surface area contributed by atoms with Gasteiger partial charge in [0.25, 0.3) is 0 Å². The van der Waals surface area contributed by atoms with E-state index in [4.69, 9.17) is 5.73 Å². The van der Waals surface area contributed by atoms with Crippen LogP contribution in [-0.4, -0.2) is 11.9 Å². The molecule has 6 heteroatoms. The van der Waals surface area contributed by atoms with Gasteiger partial charge in [-0.15, -0.1) is 24.0 Å². The smallest absolute Gasteiger partial charge is 0.226 e. The summed E-state index contributed by atoms with van der Waals surface area (Å²) in [7, 11) is 0. The van der Waals surface area contributed by atoms with Crippen LogP contribution in [0.25, 0.3) is 0 Å². The molecule has 0 fully saturated rings. The molecule has 0 heterocycles. The van der Waals surface area contributed by atoms with Gasteiger partial charge in [0.1, 0.15) is 0 Å². The predicted octanol–water partition coefficient (Wildman–Crippen LogP) is 4.31. The van der Waals surface area contributed by atoms with E-state index in [1.165, 1.54) is 24.0 Å². The Kier molecular flexibility index (Phi) is 7.65. The maximum Gasteiger partial charge on any atom is 0.226 e. The summed E-state index contributed by atoms with van der Waals surface area (Å²) >= 11 is 0. The molecule has 0 atom stereocenters. The number of nitrogens with zero attached hydrogens (tertiary/aromatic N) is 1. The van der Waals surface area contributed by atoms with E-state index in [0.29, 0.717) is 12.5 Å². The van der Waals surface area contributed by atoms with E-state index in [-0.39, 0.29) is 35.8 Å². The molecule has 2 aromatic carbocycles. The molecule has 0 bridgehead atoms. The molecule has 144 valence electrons. The largest absolute Gasteiger partial charge is 0.370 e. The fraction of sp³-hybridized carbons (Fsp3) is 0.333. The SMILES string of the molecule is CC(C)C(=O)Nc1ccc(CN=C(N)Nc2ccc3c(c2)CCC3)cc1.I. The summed E-state index contributed by atoms with van der Waals surface area (Å²) in [5.41, 5.74) is 11.7. The Morgan fingerprint density at radius 3 is 2.41 bits per heavy atom. The van der Waals surface area contributed by atoms with Crippen molar-refractivity contribution in [3.05, 3.63) is 59.2 Å². The number of amides is 1. The molecule has 1 amide bonds. The lowest BCUT2D eigenvalue weighted by atomic mass is 10.1. The van der Waals surface area contributed by atoms with Crippen LogP contribution in [0, 0.1) is 5.92 Å². The number of anilines is 2. The van der Waals surface area contributed by atoms with Crippen LogP contribution in [0.4, 0.5) is 11.4 Å². The molecule has 5 nitrogen and oxygen atoms in total. The third kappa shape index (κ3) is 5.95. The average molecular weight is 478 g/mol. The molecule has 0 aromatic heterocycles. The molecule has 1 aliphatic rings. The Hall–Kier alpha value is -2.09. The molecule has 2 aromatic rings. The summed E-state index contributed by atoms with van der Waals surface area (Å²) in [6.07, 6.45) is 3.55. The lowest BCUT2D eigenvalue weighted by molar-refractivity contribution is -0.118. The Labute approximate surface area is 177 Å². The highest BCUT2D eigenvalue weighted by Crippen LogP contribution is 2.24. The second-order valence-corrected chi connectivity index (χ2v) is 7.00. The van der Waals surface area contributed by atoms with Crippen molar-refractivity contribution < 1.29 is 4.79 Å². The van der Waals surface area contributed by atoms with E-state index >= 15 is 0 Å². The average Bonchev–Trinajstić information content (AvgIpc) is 3.09. The van der Waals surface area contributed by atoms with Crippen LogP contribution < -0.4 is 16.4 Å². The normalized spacial score (nSPS) is 13.1. The third-order valence-electron chi connectivity index (χ3n) is 4.55. The van der Waals surface area contributed by atoms with E-state index in [9.17, 15) is 4.79 Å². The number of aliphatic imine (C=N–C) groups is 1. The van der Waals surface area contributed by atoms with Crippen LogP contribution in [0.15, 0.2) is 47.5 Å². The fourth-order valence-electron chi connectivity index (χ4n) is 2.99. The molecule has 0 saturated heterocycles. The van der Waals surface area contributed by atoms with Crippen molar-refractivity contribution in [1.82, 2.24) is 0 Å². The van der Waals surface area contributed by atoms with Crippen LogP contribution in [0.5, 0.6) is 0 Å². The Balaban J connectivity index is 0.00000261. The van der Waals surface area contributed by atoms with Gasteiger partial charge in [-0.05, 0) is 60.2 Å². The van der Waals surface area contributed by atoms with Crippen molar-refractivity contribution in [2.45, 2.75) is 39.7 Å². The summed E-state index contributed by atoms with van der Waals surface area (Å²) in [5, 5.41) is 6.04. The van der Waals surface area contributed by atoms with Gasteiger partial charge in [-0.2, -0.15) is 0 Å². The monoisotopic (exact) mass is 478 g/mol. The third-order valence-corrected chi connectivity index (χ3v) is 4.55. The second kappa shape index (κ2) is 9.73. The molecule has 0 radical (unpaired) electrons. The standard InChI is InChI=1S/C21H26N4O.HI/c1-14(2)20(26)24-18-9-6-15(7-10-18)13-23-21(22)25-19-11-8-16-4-3-5-17(16)12-19;/h6-12,14H,3-5,13H2,1-2H3,(H,24,26)(H3,22,23,25);1H. The van der Waals surface area contributed by atoms with Gasteiger partial charge < -0.3 is 16.4 Å². The Bertz CT molecular complexity index is 815. The molecule has 4 N–H and O–H groups in total. The van der Waals surface area contributed by atoms with Gasteiger partial charge in [0.2, 0.25) is 5.91 Å². The number of carbonyl (C=O) groups is 1. The summed E-state index contributed by atoms with van der Waals surface area (Å²) in [4.78, 5) is 16.1. The maximum absolute atomic E-state index is 11.7. The van der Waals surface area contributed by atoms with Crippen LogP contribution in [0.1, 0.15) is 37.0 Å². The molecule has 0 aliphatic heterocycles. The quantitative estimate of drug-likeness (QED) is 0.340. The molecule has 0 saturated carbocycles. The second-order valence-electron chi connectivity index (χ2n) is 7.00. The lowest BCUT2D eigenvalue weighted by Gasteiger charge is -2.09. The van der Waals surface area contributed by atoms with Crippen molar-refractivity contribution >= 4 is 47.2 Å². The lowest BCUT2D eigenvalue weighted by Crippen LogP contribution is -2.22. The van der Waals surface area contributed by atoms with Gasteiger partial charge >= 0.3 is 0 Å². The predicted molar refractivity (Wildman–Crippen MR) is 123 cm³/mol. The van der Waals surface area contributed by atoms with Crippen molar-refractivity contribution in [3.8, 4) is 0 Å². The van der Waals surface area contributed by atoms with E-state index in [1.807, 2.05) is 38.1 Å². The highest BCUT2D eigenvalue weighted by molar-refractivity contribution is 14.0. The zero-order valence-electron chi connectivity index (χ0n) is 15.8. The molecule has 27 heavy (non-hydrogen) atoms. The zero-order valence-corrected chi connectivity index (χ0v) is 18.1. The highest BCUT2D eigenvalue weighted by Gasteiger charge is 2.11. The van der Waals surface area contributed by atoms with E-state index in [2.05, 4.69) is 33.8 Å². The van der Waals surface area contributed by atoms with Gasteiger partial charge in [0.05, 0.1) is 6.54 Å². The molecule has 1 aliphatic carbocycles. The van der Waals surface area contributed by atoms with E-state index in [1.54, 1.807) is 0 Å². The number of rotatable bonds is 5. The van der Waals surface area contributed by atoms with Crippen LogP contribution >= 0.6 is 24.0 Å². The van der Waals surface area contributed by atoms with Crippen molar-refractivity contribution in [2.24, 2.45) is 16.6 Å². The number of fused-ring (bicyclic) bond motifs is 1. The summed E-state index contributed by atoms with van der Waals surface area (Å²) < 4.78 is 0. The minimum atomic E-state index is -0.0376. The number of hydrogen-bond donors (Lipinski definition) is 3. The first-order chi connectivity index (χ1) is 12.5. The summed E-state index contributed by atoms with van der Waals surface area (Å²) in [5.74, 6) is 0.378. The van der Waals surface area contributed by atoms with Gasteiger partial charge in [-0.25, -0.2) is 4.99 Å². The van der Waals surface area contributed by atoms with Crippen LogP contribution in [-0.2, 0) is 24.2 Å². The summed E-state index contributed by atoms with van der Waals surface area (Å²) in [6.45, 7) is 4.23. The molecule has 3 rings (SSSR count). The van der Waals surface area contributed by atoms with E-state index in [0.717, 1.165) is 23.4 Å². The highest BCUT2D eigenvalue weighted by atomic mass is 127. The number of carbonyl (C=O) groups excluding carboxylic acids is 1. The van der Waals surface area contributed by atoms with Crippen molar-refractivity contribution in [1.29, 1.82) is 0 Å². The Morgan fingerprint density at radius 1 is 1.04 bits per heavy atom. The molecule has 0 spiro atoms. The summed E-state index contributed by atoms with van der Waals surface area (Å²) in [6, 6.07) is 14.0. The molecular formula is C21H27IN4O. The number of hydrogen-bond acceptors (Lipinski definition) is 2. The number of nitrogens with two attached hydrogens (primary N) is 1. The topological polar surface area (TPSA) is 79.5 Å². The van der Waals surface area contributed by atoms with Gasteiger partial charge in [-0.3, -0.25) is 4.79 Å². The molecule has 0 unspecified atom stereocenters. The fourth-order valence-corrected chi connectivity index (χ4v) is 2.99. The zero-order chi connectivity index (χ0) is 18.5. The van der Waals surface area contributed by atoms with Crippen molar-refractivity contribution in [3.63, 3.8) is 0 Å². The number of halogens is 1. The first-order valence-corrected chi connectivity index (χ1v) is 9.10. The maximum atomic E-state index is 11.7. The van der Waals surface area contributed by atoms with Crippen LogP contribution in [0.3, 0.4) is 0 Å². The number of guanidine groups is 1. The first kappa shape index (κ1) is 21.2. The number of benzene rings is 2.